The Labute approximate surface area is 146 Å². The van der Waals surface area contributed by atoms with Crippen LogP contribution in [0.4, 0.5) is 0 Å². The molecule has 0 aromatic heterocycles. The fourth-order valence-electron chi connectivity index (χ4n) is 2.07. The topological polar surface area (TPSA) is 72.5 Å². The van der Waals surface area contributed by atoms with Crippen LogP contribution in [0.25, 0.3) is 0 Å². The van der Waals surface area contributed by atoms with Gasteiger partial charge in [0.15, 0.2) is 0 Å². The van der Waals surface area contributed by atoms with E-state index in [2.05, 4.69) is 0 Å². The lowest BCUT2D eigenvalue weighted by Crippen LogP contribution is -2.00. The van der Waals surface area contributed by atoms with Crippen LogP contribution in [0.1, 0.15) is 0 Å². The van der Waals surface area contributed by atoms with E-state index >= 15 is 0 Å². The molecule has 0 saturated carbocycles. The predicted octanol–water partition coefficient (Wildman–Crippen LogP) is 4.00. The molecule has 0 unspecified atom stereocenters. The summed E-state index contributed by atoms with van der Waals surface area (Å²) in [7, 11) is 2.59. The summed E-state index contributed by atoms with van der Waals surface area (Å²) in [6.07, 6.45) is 0. The average Bonchev–Trinajstić information content (AvgIpc) is 2.59. The van der Waals surface area contributed by atoms with Crippen molar-refractivity contribution >= 4 is 7.60 Å². The second-order valence-electron chi connectivity index (χ2n) is 5.05. The fourth-order valence-corrected chi connectivity index (χ4v) is 3.08. The van der Waals surface area contributed by atoms with Crippen molar-refractivity contribution in [2.45, 2.75) is 0 Å². The molecule has 2 aromatic carbocycles. The van der Waals surface area contributed by atoms with Crippen LogP contribution >= 0.6 is 7.60 Å². The third-order valence-corrected chi connectivity index (χ3v) is 4.28. The molecular formula is C17H21O7P. The van der Waals surface area contributed by atoms with Gasteiger partial charge in [-0.15, -0.1) is 0 Å². The standard InChI is InChI=1S/C17H21O7P/c1-19-12-6-13(20-2)9-16(8-12)23-25(5,18)24-17-10-14(21-3)7-15(11-17)22-4/h6-11H,1-5H3. The van der Waals surface area contributed by atoms with Gasteiger partial charge in [-0.25, -0.2) is 4.57 Å². The number of benzene rings is 2. The van der Waals surface area contributed by atoms with Gasteiger partial charge in [0.25, 0.3) is 0 Å². The summed E-state index contributed by atoms with van der Waals surface area (Å²) in [4.78, 5) is 0. The van der Waals surface area contributed by atoms with Crippen molar-refractivity contribution in [3.8, 4) is 34.5 Å². The smallest absolute Gasteiger partial charge is 0.427 e. The summed E-state index contributed by atoms with van der Waals surface area (Å²) in [6.45, 7) is 1.37. The lowest BCUT2D eigenvalue weighted by molar-refractivity contribution is 0.371. The van der Waals surface area contributed by atoms with Crippen LogP contribution < -0.4 is 28.0 Å². The Hall–Kier alpha value is -2.53. The minimum atomic E-state index is -3.48. The van der Waals surface area contributed by atoms with Crippen LogP contribution in [-0.2, 0) is 4.57 Å². The molecule has 8 heteroatoms. The molecule has 0 N–H and O–H groups in total. The summed E-state index contributed by atoms with van der Waals surface area (Å²) in [5.41, 5.74) is 0. The first-order valence-corrected chi connectivity index (χ1v) is 9.31. The van der Waals surface area contributed by atoms with Crippen LogP contribution in [0.3, 0.4) is 0 Å². The molecule has 0 bridgehead atoms. The molecule has 0 fully saturated rings. The summed E-state index contributed by atoms with van der Waals surface area (Å²) in [6, 6.07) is 9.73. The minimum Gasteiger partial charge on any atom is -0.496 e. The molecular weight excluding hydrogens is 347 g/mol. The number of rotatable bonds is 8. The Morgan fingerprint density at radius 2 is 0.800 bits per heavy atom. The highest BCUT2D eigenvalue weighted by Gasteiger charge is 2.22. The third-order valence-electron chi connectivity index (χ3n) is 3.19. The largest absolute Gasteiger partial charge is 0.496 e. The SMILES string of the molecule is COc1cc(OC)cc(OP(C)(=O)Oc2cc(OC)cc(OC)c2)c1. The first-order valence-electron chi connectivity index (χ1n) is 7.32. The second-order valence-corrected chi connectivity index (χ2v) is 6.96. The van der Waals surface area contributed by atoms with Crippen LogP contribution in [0.15, 0.2) is 36.4 Å². The van der Waals surface area contributed by atoms with Crippen molar-refractivity contribution in [3.05, 3.63) is 36.4 Å². The molecule has 0 heterocycles. The van der Waals surface area contributed by atoms with Gasteiger partial charge in [-0.05, 0) is 0 Å². The van der Waals surface area contributed by atoms with E-state index in [1.54, 1.807) is 36.4 Å². The Morgan fingerprint density at radius 1 is 0.560 bits per heavy atom. The van der Waals surface area contributed by atoms with E-state index in [-0.39, 0.29) is 0 Å². The number of ether oxygens (including phenoxy) is 4. The molecule has 0 spiro atoms. The van der Waals surface area contributed by atoms with Gasteiger partial charge in [-0.1, -0.05) is 0 Å². The zero-order valence-corrected chi connectivity index (χ0v) is 15.7. The normalized spacial score (nSPS) is 10.8. The van der Waals surface area contributed by atoms with Crippen LogP contribution in [0.5, 0.6) is 34.5 Å². The molecule has 0 radical (unpaired) electrons. The van der Waals surface area contributed by atoms with Gasteiger partial charge in [-0.3, -0.25) is 0 Å². The zero-order chi connectivity index (χ0) is 18.4. The van der Waals surface area contributed by atoms with E-state index in [0.717, 1.165) is 0 Å². The van der Waals surface area contributed by atoms with E-state index in [1.807, 2.05) is 0 Å². The number of hydrogen-bond acceptors (Lipinski definition) is 7. The highest BCUT2D eigenvalue weighted by molar-refractivity contribution is 7.53. The summed E-state index contributed by atoms with van der Waals surface area (Å²) < 4.78 is 44.5. The molecule has 25 heavy (non-hydrogen) atoms. The van der Waals surface area contributed by atoms with Crippen molar-refractivity contribution in [1.29, 1.82) is 0 Å². The average molecular weight is 368 g/mol. The van der Waals surface area contributed by atoms with Gasteiger partial charge in [-0.2, -0.15) is 0 Å². The van der Waals surface area contributed by atoms with Crippen LogP contribution in [-0.4, -0.2) is 35.1 Å². The van der Waals surface area contributed by atoms with E-state index in [0.29, 0.717) is 34.5 Å². The van der Waals surface area contributed by atoms with Crippen molar-refractivity contribution in [3.63, 3.8) is 0 Å². The van der Waals surface area contributed by atoms with E-state index in [9.17, 15) is 4.57 Å². The lowest BCUT2D eigenvalue weighted by atomic mass is 10.3. The summed E-state index contributed by atoms with van der Waals surface area (Å²) in [5.74, 6) is 2.65. The first kappa shape index (κ1) is 18.8. The molecule has 136 valence electrons. The van der Waals surface area contributed by atoms with Crippen molar-refractivity contribution in [2.24, 2.45) is 0 Å². The molecule has 0 saturated heterocycles. The predicted molar refractivity (Wildman–Crippen MR) is 93.9 cm³/mol. The molecule has 0 atom stereocenters. The Kier molecular flexibility index (Phi) is 6.04. The van der Waals surface area contributed by atoms with Gasteiger partial charge in [0.1, 0.15) is 34.5 Å². The summed E-state index contributed by atoms with van der Waals surface area (Å²) in [5, 5.41) is 0. The molecule has 2 aromatic rings. The van der Waals surface area contributed by atoms with Crippen LogP contribution in [0, 0.1) is 0 Å². The van der Waals surface area contributed by atoms with Crippen molar-refractivity contribution in [2.75, 3.05) is 35.1 Å². The number of methoxy groups -OCH3 is 4. The molecule has 0 aliphatic rings. The Bertz CT molecular complexity index is 670. The first-order chi connectivity index (χ1) is 11.9. The highest BCUT2D eigenvalue weighted by Crippen LogP contribution is 2.47. The quantitative estimate of drug-likeness (QED) is 0.652. The molecule has 0 amide bonds. The van der Waals surface area contributed by atoms with E-state index < -0.39 is 7.60 Å². The monoisotopic (exact) mass is 368 g/mol. The fraction of sp³-hybridized carbons (Fsp3) is 0.294. The third kappa shape index (κ3) is 5.22. The maximum atomic E-state index is 12.7. The maximum absolute atomic E-state index is 12.7. The maximum Gasteiger partial charge on any atom is 0.427 e. The van der Waals surface area contributed by atoms with Gasteiger partial charge in [0, 0.05) is 36.4 Å². The molecule has 7 nitrogen and oxygen atoms in total. The second kappa shape index (κ2) is 8.03. The number of hydrogen-bond donors (Lipinski definition) is 0. The molecule has 2 rings (SSSR count). The molecule has 0 aliphatic carbocycles. The van der Waals surface area contributed by atoms with Gasteiger partial charge < -0.3 is 28.0 Å². The van der Waals surface area contributed by atoms with Crippen LogP contribution in [0.2, 0.25) is 0 Å². The van der Waals surface area contributed by atoms with Crippen molar-refractivity contribution < 1.29 is 32.6 Å². The zero-order valence-electron chi connectivity index (χ0n) is 14.8. The van der Waals surface area contributed by atoms with Crippen molar-refractivity contribution in [1.82, 2.24) is 0 Å². The van der Waals surface area contributed by atoms with E-state index in [1.165, 1.54) is 35.1 Å². The van der Waals surface area contributed by atoms with Gasteiger partial charge >= 0.3 is 7.60 Å². The van der Waals surface area contributed by atoms with Gasteiger partial charge in [0.2, 0.25) is 0 Å². The summed E-state index contributed by atoms with van der Waals surface area (Å²) >= 11 is 0. The lowest BCUT2D eigenvalue weighted by Gasteiger charge is -2.18. The minimum absolute atomic E-state index is 0.303. The Balaban J connectivity index is 2.24. The van der Waals surface area contributed by atoms with Gasteiger partial charge in [0.05, 0.1) is 35.1 Å². The highest BCUT2D eigenvalue weighted by atomic mass is 31.2. The van der Waals surface area contributed by atoms with E-state index in [4.69, 9.17) is 28.0 Å². The molecule has 0 aliphatic heterocycles. The Morgan fingerprint density at radius 3 is 1.04 bits per heavy atom.